The Morgan fingerprint density at radius 3 is 2.94 bits per heavy atom. The number of carboxylic acids is 1. The van der Waals surface area contributed by atoms with Gasteiger partial charge in [-0.25, -0.2) is 0 Å². The molecule has 0 spiro atoms. The van der Waals surface area contributed by atoms with E-state index in [0.29, 0.717) is 5.76 Å². The van der Waals surface area contributed by atoms with E-state index in [9.17, 15) is 9.59 Å². The number of methoxy groups -OCH3 is 1. The average molecular weight is 242 g/mol. The maximum absolute atomic E-state index is 11.5. The summed E-state index contributed by atoms with van der Waals surface area (Å²) in [5.74, 6) is -1.65. The van der Waals surface area contributed by atoms with E-state index in [4.69, 9.17) is 14.4 Å². The Bertz CT molecular complexity index is 401. The molecule has 1 heterocycles. The molecule has 1 atom stereocenters. The lowest BCUT2D eigenvalue weighted by Crippen LogP contribution is -2.31. The molecule has 0 fully saturated rings. The van der Waals surface area contributed by atoms with Crippen LogP contribution in [0.15, 0.2) is 10.6 Å². The van der Waals surface area contributed by atoms with E-state index in [0.717, 1.165) is 0 Å². The van der Waals surface area contributed by atoms with Crippen molar-refractivity contribution < 1.29 is 24.0 Å². The molecule has 0 aliphatic rings. The van der Waals surface area contributed by atoms with Gasteiger partial charge in [-0.3, -0.25) is 9.59 Å². The molecule has 0 bridgehead atoms. The van der Waals surface area contributed by atoms with Crippen molar-refractivity contribution in [2.75, 3.05) is 13.7 Å². The molecule has 1 unspecified atom stereocenters. The van der Waals surface area contributed by atoms with Crippen LogP contribution in [-0.2, 0) is 16.1 Å². The highest BCUT2D eigenvalue weighted by Gasteiger charge is 2.15. The molecular formula is C10H14N2O5. The van der Waals surface area contributed by atoms with Gasteiger partial charge in [0.15, 0.2) is 11.5 Å². The molecule has 1 rings (SSSR count). The van der Waals surface area contributed by atoms with Crippen molar-refractivity contribution in [3.05, 3.63) is 17.5 Å². The van der Waals surface area contributed by atoms with Gasteiger partial charge in [0.2, 0.25) is 0 Å². The van der Waals surface area contributed by atoms with Crippen LogP contribution in [-0.4, -0.2) is 35.8 Å². The first-order chi connectivity index (χ1) is 8.04. The molecule has 7 heteroatoms. The second-order valence-electron chi connectivity index (χ2n) is 3.56. The molecule has 0 aliphatic carbocycles. The second kappa shape index (κ2) is 6.00. The third-order valence-corrected chi connectivity index (χ3v) is 2.07. The fourth-order valence-corrected chi connectivity index (χ4v) is 1.05. The van der Waals surface area contributed by atoms with Crippen LogP contribution >= 0.6 is 0 Å². The lowest BCUT2D eigenvalue weighted by molar-refractivity contribution is -0.140. The highest BCUT2D eigenvalue weighted by Crippen LogP contribution is 2.04. The molecule has 2 N–H and O–H groups in total. The van der Waals surface area contributed by atoms with Crippen LogP contribution in [0, 0.1) is 5.92 Å². The molecule has 1 aromatic rings. The number of hydrogen-bond acceptors (Lipinski definition) is 5. The molecule has 0 aromatic carbocycles. The van der Waals surface area contributed by atoms with E-state index < -0.39 is 17.8 Å². The number of aliphatic carboxylic acids is 1. The minimum absolute atomic E-state index is 0.0423. The van der Waals surface area contributed by atoms with Crippen molar-refractivity contribution in [1.29, 1.82) is 0 Å². The third kappa shape index (κ3) is 3.87. The fraction of sp³-hybridized carbons (Fsp3) is 0.500. The Hall–Kier alpha value is -1.89. The number of hydrogen-bond donors (Lipinski definition) is 2. The summed E-state index contributed by atoms with van der Waals surface area (Å²) in [7, 11) is 1.50. The van der Waals surface area contributed by atoms with E-state index in [2.05, 4.69) is 10.5 Å². The number of ether oxygens (including phenoxy) is 1. The number of aromatic nitrogens is 1. The second-order valence-corrected chi connectivity index (χ2v) is 3.56. The summed E-state index contributed by atoms with van der Waals surface area (Å²) < 4.78 is 9.64. The smallest absolute Gasteiger partial charge is 0.308 e. The van der Waals surface area contributed by atoms with Gasteiger partial charge in [-0.2, -0.15) is 0 Å². The molecule has 7 nitrogen and oxygen atoms in total. The number of nitrogens with zero attached hydrogens (tertiary/aromatic N) is 1. The first kappa shape index (κ1) is 13.2. The Morgan fingerprint density at radius 1 is 1.65 bits per heavy atom. The number of carboxylic acid groups (broad SMARTS) is 1. The standard InChI is InChI=1S/C10H14N2O5/c1-6(10(14)15)4-11-9(13)8-3-7(5-16-2)17-12-8/h3,6H,4-5H2,1-2H3,(H,11,13)(H,14,15). The summed E-state index contributed by atoms with van der Waals surface area (Å²) in [6.07, 6.45) is 0. The molecule has 0 radical (unpaired) electrons. The first-order valence-electron chi connectivity index (χ1n) is 5.00. The predicted octanol–water partition coefficient (Wildman–Crippen LogP) is 0.271. The van der Waals surface area contributed by atoms with Crippen LogP contribution in [0.1, 0.15) is 23.2 Å². The van der Waals surface area contributed by atoms with Gasteiger partial charge in [-0.1, -0.05) is 12.1 Å². The van der Waals surface area contributed by atoms with Gasteiger partial charge in [0, 0.05) is 19.7 Å². The monoisotopic (exact) mass is 242 g/mol. The third-order valence-electron chi connectivity index (χ3n) is 2.07. The van der Waals surface area contributed by atoms with E-state index >= 15 is 0 Å². The predicted molar refractivity (Wildman–Crippen MR) is 56.3 cm³/mol. The minimum Gasteiger partial charge on any atom is -0.481 e. The van der Waals surface area contributed by atoms with Crippen molar-refractivity contribution >= 4 is 11.9 Å². The van der Waals surface area contributed by atoms with Crippen LogP contribution in [0.5, 0.6) is 0 Å². The number of nitrogens with one attached hydrogen (secondary N) is 1. The van der Waals surface area contributed by atoms with E-state index in [-0.39, 0.29) is 18.8 Å². The van der Waals surface area contributed by atoms with Crippen LogP contribution in [0.4, 0.5) is 0 Å². The average Bonchev–Trinajstić information content (AvgIpc) is 2.74. The Kier molecular flexibility index (Phi) is 4.65. The lowest BCUT2D eigenvalue weighted by Gasteiger charge is -2.06. The summed E-state index contributed by atoms with van der Waals surface area (Å²) in [5, 5.41) is 14.6. The summed E-state index contributed by atoms with van der Waals surface area (Å²) in [6, 6.07) is 1.45. The van der Waals surface area contributed by atoms with Crippen molar-refractivity contribution in [1.82, 2.24) is 10.5 Å². The summed E-state index contributed by atoms with van der Waals surface area (Å²) in [4.78, 5) is 22.1. The first-order valence-corrected chi connectivity index (χ1v) is 5.00. The fourth-order valence-electron chi connectivity index (χ4n) is 1.05. The van der Waals surface area contributed by atoms with Gasteiger partial charge in [0.1, 0.15) is 6.61 Å². The van der Waals surface area contributed by atoms with Crippen molar-refractivity contribution in [2.24, 2.45) is 5.92 Å². The number of carbonyl (C=O) groups is 2. The highest BCUT2D eigenvalue weighted by atomic mass is 16.5. The Balaban J connectivity index is 2.49. The van der Waals surface area contributed by atoms with Gasteiger partial charge >= 0.3 is 5.97 Å². The number of rotatable bonds is 6. The topological polar surface area (TPSA) is 102 Å². The molecule has 94 valence electrons. The van der Waals surface area contributed by atoms with Gasteiger partial charge in [-0.15, -0.1) is 0 Å². The maximum Gasteiger partial charge on any atom is 0.308 e. The van der Waals surface area contributed by atoms with Crippen molar-refractivity contribution in [3.63, 3.8) is 0 Å². The molecule has 0 saturated carbocycles. The van der Waals surface area contributed by atoms with Gasteiger partial charge in [-0.05, 0) is 0 Å². The number of amides is 1. The summed E-state index contributed by atoms with van der Waals surface area (Å²) >= 11 is 0. The SMILES string of the molecule is COCc1cc(C(=O)NCC(C)C(=O)O)no1. The molecule has 1 amide bonds. The Morgan fingerprint density at radius 2 is 2.35 bits per heavy atom. The van der Waals surface area contributed by atoms with Crippen LogP contribution in [0.2, 0.25) is 0 Å². The normalized spacial score (nSPS) is 12.1. The highest BCUT2D eigenvalue weighted by molar-refractivity contribution is 5.92. The van der Waals surface area contributed by atoms with E-state index in [1.54, 1.807) is 0 Å². The van der Waals surface area contributed by atoms with Gasteiger partial charge in [0.25, 0.3) is 5.91 Å². The zero-order valence-corrected chi connectivity index (χ0v) is 9.60. The largest absolute Gasteiger partial charge is 0.481 e. The van der Waals surface area contributed by atoms with Crippen LogP contribution in [0.3, 0.4) is 0 Å². The molecule has 0 aliphatic heterocycles. The molecule has 0 saturated heterocycles. The summed E-state index contributed by atoms with van der Waals surface area (Å²) in [6.45, 7) is 1.77. The zero-order chi connectivity index (χ0) is 12.8. The minimum atomic E-state index is -0.967. The maximum atomic E-state index is 11.5. The van der Waals surface area contributed by atoms with Crippen LogP contribution in [0.25, 0.3) is 0 Å². The van der Waals surface area contributed by atoms with Crippen molar-refractivity contribution in [2.45, 2.75) is 13.5 Å². The summed E-state index contributed by atoms with van der Waals surface area (Å²) in [5.41, 5.74) is 0.106. The van der Waals surface area contributed by atoms with Gasteiger partial charge in [0.05, 0.1) is 5.92 Å². The number of carbonyl (C=O) groups excluding carboxylic acids is 1. The van der Waals surface area contributed by atoms with Crippen LogP contribution < -0.4 is 5.32 Å². The van der Waals surface area contributed by atoms with Crippen molar-refractivity contribution in [3.8, 4) is 0 Å². The van der Waals surface area contributed by atoms with E-state index in [1.807, 2.05) is 0 Å². The molecular weight excluding hydrogens is 228 g/mol. The Labute approximate surface area is 97.7 Å². The quantitative estimate of drug-likeness (QED) is 0.742. The molecule has 17 heavy (non-hydrogen) atoms. The molecule has 1 aromatic heterocycles. The van der Waals surface area contributed by atoms with E-state index in [1.165, 1.54) is 20.1 Å². The lowest BCUT2D eigenvalue weighted by atomic mass is 10.2. The van der Waals surface area contributed by atoms with Gasteiger partial charge < -0.3 is 19.7 Å². The zero-order valence-electron chi connectivity index (χ0n) is 9.60.